The summed E-state index contributed by atoms with van der Waals surface area (Å²) in [4.78, 5) is 0. The van der Waals surface area contributed by atoms with Crippen LogP contribution >= 0.6 is 21.6 Å². The monoisotopic (exact) mass is 214 g/mol. The van der Waals surface area contributed by atoms with Crippen molar-refractivity contribution in [2.45, 2.75) is 25.4 Å². The second-order valence-electron chi connectivity index (χ2n) is 2.18. The molecule has 0 radical (unpaired) electrons. The summed E-state index contributed by atoms with van der Waals surface area (Å²) in [6, 6.07) is 0. The minimum Gasteiger partial charge on any atom is -0.368 e. The predicted molar refractivity (Wildman–Crippen MR) is 50.6 cm³/mol. The van der Waals surface area contributed by atoms with Gasteiger partial charge in [-0.05, 0) is 0 Å². The van der Waals surface area contributed by atoms with E-state index < -0.39 is 12.6 Å². The van der Waals surface area contributed by atoms with Crippen LogP contribution in [0, 0.1) is 0 Å². The van der Waals surface area contributed by atoms with Crippen LogP contribution in [0.25, 0.3) is 0 Å². The Labute approximate surface area is 79.4 Å². The lowest BCUT2D eigenvalue weighted by molar-refractivity contribution is -0.0412. The van der Waals surface area contributed by atoms with Gasteiger partial charge in [0, 0.05) is 24.3 Å². The van der Waals surface area contributed by atoms with E-state index in [1.807, 2.05) is 0 Å². The van der Waals surface area contributed by atoms with Gasteiger partial charge in [-0.1, -0.05) is 21.6 Å². The van der Waals surface area contributed by atoms with Crippen molar-refractivity contribution in [3.63, 3.8) is 0 Å². The van der Waals surface area contributed by atoms with Crippen molar-refractivity contribution in [3.8, 4) is 0 Å². The molecule has 0 bridgehead atoms. The van der Waals surface area contributed by atoms with E-state index in [1.165, 1.54) is 21.6 Å². The summed E-state index contributed by atoms with van der Waals surface area (Å²) in [6.07, 6.45) is -1.78. The van der Waals surface area contributed by atoms with Gasteiger partial charge in [0.2, 0.25) is 0 Å². The smallest absolute Gasteiger partial charge is 0.152 e. The lowest BCUT2D eigenvalue weighted by atomic mass is 10.5. The average molecular weight is 214 g/mol. The zero-order valence-corrected chi connectivity index (χ0v) is 8.22. The van der Waals surface area contributed by atoms with Crippen molar-refractivity contribution >= 4 is 21.6 Å². The van der Waals surface area contributed by atoms with Crippen molar-refractivity contribution < 1.29 is 20.4 Å². The van der Waals surface area contributed by atoms with Crippen LogP contribution in [0.5, 0.6) is 0 Å². The summed E-state index contributed by atoms with van der Waals surface area (Å²) in [6.45, 7) is 0. The molecule has 0 aromatic carbocycles. The maximum Gasteiger partial charge on any atom is 0.152 e. The van der Waals surface area contributed by atoms with Crippen molar-refractivity contribution in [1.82, 2.24) is 0 Å². The van der Waals surface area contributed by atoms with Crippen LogP contribution in [0.4, 0.5) is 0 Å². The first-order valence-electron chi connectivity index (χ1n) is 3.59. The normalized spacial score (nSPS) is 11.5. The third-order valence-corrected chi connectivity index (χ3v) is 3.47. The molecule has 12 heavy (non-hydrogen) atoms. The molecule has 0 heterocycles. The molecule has 4 N–H and O–H groups in total. The van der Waals surface area contributed by atoms with E-state index >= 15 is 0 Å². The summed E-state index contributed by atoms with van der Waals surface area (Å²) >= 11 is 0. The molecule has 74 valence electrons. The molecule has 0 saturated carbocycles. The van der Waals surface area contributed by atoms with Gasteiger partial charge in [-0.25, -0.2) is 0 Å². The quantitative estimate of drug-likeness (QED) is 0.266. The molecule has 0 unspecified atom stereocenters. The Morgan fingerprint density at radius 1 is 0.750 bits per heavy atom. The predicted octanol–water partition coefficient (Wildman–Crippen LogP) is -0.231. The molecule has 0 aromatic rings. The molecule has 0 fully saturated rings. The minimum absolute atomic E-state index is 0.347. The van der Waals surface area contributed by atoms with Crippen LogP contribution in [-0.4, -0.2) is 44.5 Å². The Balaban J connectivity index is 2.91. The van der Waals surface area contributed by atoms with Crippen LogP contribution in [0.15, 0.2) is 0 Å². The molecule has 0 aromatic heterocycles. The molecular weight excluding hydrogens is 200 g/mol. The Hall–Kier alpha value is 0.540. The van der Waals surface area contributed by atoms with E-state index in [1.54, 1.807) is 0 Å². The largest absolute Gasteiger partial charge is 0.368 e. The Morgan fingerprint density at radius 3 is 1.33 bits per heavy atom. The molecule has 0 saturated heterocycles. The molecule has 0 aliphatic heterocycles. The molecule has 0 amide bonds. The Kier molecular flexibility index (Phi) is 8.52. The molecule has 0 aliphatic rings. The fourth-order valence-electron chi connectivity index (χ4n) is 0.425. The van der Waals surface area contributed by atoms with Crippen molar-refractivity contribution in [2.24, 2.45) is 0 Å². The number of aliphatic hydroxyl groups is 4. The second kappa shape index (κ2) is 8.15. The van der Waals surface area contributed by atoms with Gasteiger partial charge >= 0.3 is 0 Å². The maximum atomic E-state index is 8.45. The molecule has 6 heteroatoms. The van der Waals surface area contributed by atoms with Crippen molar-refractivity contribution in [1.29, 1.82) is 0 Å². The highest BCUT2D eigenvalue weighted by Gasteiger charge is 1.99. The van der Waals surface area contributed by atoms with Gasteiger partial charge in [0.05, 0.1) is 0 Å². The lowest BCUT2D eigenvalue weighted by Gasteiger charge is -2.03. The number of aliphatic hydroxyl groups excluding tert-OH is 2. The topological polar surface area (TPSA) is 80.9 Å². The van der Waals surface area contributed by atoms with E-state index in [4.69, 9.17) is 20.4 Å². The van der Waals surface area contributed by atoms with Crippen LogP contribution in [-0.2, 0) is 0 Å². The molecule has 0 atom stereocenters. The van der Waals surface area contributed by atoms with Gasteiger partial charge in [0.15, 0.2) is 12.6 Å². The third-order valence-electron chi connectivity index (χ3n) is 1.00. The van der Waals surface area contributed by atoms with Gasteiger partial charge < -0.3 is 20.4 Å². The van der Waals surface area contributed by atoms with Crippen LogP contribution in [0.3, 0.4) is 0 Å². The van der Waals surface area contributed by atoms with Gasteiger partial charge in [-0.3, -0.25) is 0 Å². The Bertz CT molecular complexity index is 87.5. The SMILES string of the molecule is OC(O)CCSSCCC(O)O. The summed E-state index contributed by atoms with van der Waals surface area (Å²) in [5.74, 6) is 1.31. The van der Waals surface area contributed by atoms with Crippen LogP contribution in [0.2, 0.25) is 0 Å². The van der Waals surface area contributed by atoms with Gasteiger partial charge in [0.25, 0.3) is 0 Å². The third kappa shape index (κ3) is 10.5. The van der Waals surface area contributed by atoms with Crippen LogP contribution < -0.4 is 0 Å². The number of hydrogen-bond donors (Lipinski definition) is 4. The van der Waals surface area contributed by atoms with Gasteiger partial charge in [0.1, 0.15) is 0 Å². The fraction of sp³-hybridized carbons (Fsp3) is 1.00. The molecular formula is C6H14O4S2. The lowest BCUT2D eigenvalue weighted by Crippen LogP contribution is -2.05. The molecule has 0 spiro atoms. The average Bonchev–Trinajstić information content (AvgIpc) is 1.95. The second-order valence-corrected chi connectivity index (χ2v) is 4.88. The van der Waals surface area contributed by atoms with Crippen molar-refractivity contribution in [3.05, 3.63) is 0 Å². The minimum atomic E-state index is -1.23. The van der Waals surface area contributed by atoms with Gasteiger partial charge in [-0.15, -0.1) is 0 Å². The fourth-order valence-corrected chi connectivity index (χ4v) is 2.56. The first-order chi connectivity index (χ1) is 5.63. The number of rotatable bonds is 7. The zero-order valence-electron chi connectivity index (χ0n) is 6.59. The van der Waals surface area contributed by atoms with Crippen molar-refractivity contribution in [2.75, 3.05) is 11.5 Å². The summed E-state index contributed by atoms with van der Waals surface area (Å²) in [7, 11) is 3.00. The zero-order chi connectivity index (χ0) is 9.40. The molecule has 0 aliphatic carbocycles. The summed E-state index contributed by atoms with van der Waals surface area (Å²) < 4.78 is 0. The highest BCUT2D eigenvalue weighted by atomic mass is 33.1. The van der Waals surface area contributed by atoms with E-state index in [-0.39, 0.29) is 0 Å². The number of hydrogen-bond acceptors (Lipinski definition) is 6. The standard InChI is InChI=1S/C6H14O4S2/c7-5(8)1-3-11-12-4-2-6(9)10/h5-10H,1-4H2. The maximum absolute atomic E-state index is 8.45. The first kappa shape index (κ1) is 12.5. The molecule has 4 nitrogen and oxygen atoms in total. The summed E-state index contributed by atoms with van der Waals surface area (Å²) in [5, 5.41) is 33.8. The Morgan fingerprint density at radius 2 is 1.08 bits per heavy atom. The first-order valence-corrected chi connectivity index (χ1v) is 6.08. The van der Waals surface area contributed by atoms with Gasteiger partial charge in [-0.2, -0.15) is 0 Å². The van der Waals surface area contributed by atoms with E-state index in [0.717, 1.165) is 0 Å². The van der Waals surface area contributed by atoms with E-state index in [0.29, 0.717) is 24.3 Å². The summed E-state index contributed by atoms with van der Waals surface area (Å²) in [5.41, 5.74) is 0. The van der Waals surface area contributed by atoms with Crippen LogP contribution in [0.1, 0.15) is 12.8 Å². The highest BCUT2D eigenvalue weighted by Crippen LogP contribution is 2.23. The molecule has 0 rings (SSSR count). The highest BCUT2D eigenvalue weighted by molar-refractivity contribution is 8.76. The van der Waals surface area contributed by atoms with E-state index in [9.17, 15) is 0 Å². The van der Waals surface area contributed by atoms with E-state index in [2.05, 4.69) is 0 Å².